The number of pyridine rings is 2. The number of aromatic nitrogens is 2. The van der Waals surface area contributed by atoms with E-state index < -0.39 is 0 Å². The number of carbonyl (C=O) groups excluding carboxylic acids is 1. The Kier molecular flexibility index (Phi) is 5.67. The second-order valence-corrected chi connectivity index (χ2v) is 6.83. The Balaban J connectivity index is 1.60. The molecule has 0 atom stereocenters. The summed E-state index contributed by atoms with van der Waals surface area (Å²) in [5, 5.41) is 12.4. The monoisotopic (exact) mass is 390 g/mol. The highest BCUT2D eigenvalue weighted by molar-refractivity contribution is 5.78. The highest BCUT2D eigenvalue weighted by Crippen LogP contribution is 2.30. The van der Waals surface area contributed by atoms with Crippen molar-refractivity contribution in [2.75, 3.05) is 11.9 Å². The molecule has 29 heavy (non-hydrogen) atoms. The van der Waals surface area contributed by atoms with Crippen LogP contribution in [0.4, 0.5) is 11.5 Å². The lowest BCUT2D eigenvalue weighted by atomic mass is 10.1. The van der Waals surface area contributed by atoms with Gasteiger partial charge >= 0.3 is 0 Å². The minimum absolute atomic E-state index is 0.115. The lowest BCUT2D eigenvalue weighted by Crippen LogP contribution is -2.24. The molecular formula is C22H22N4O3. The number of rotatable bonds is 7. The standard InChI is InChI=1S/C22H22N4O3/c27-15-18-6-8-19(13-24-18)29-20-9-7-17(25-21-4-1-2-10-23-21)12-16(20)14-26-11-3-5-22(26)28/h1-2,4,6-10,12-13,27H,3,5,11,14-15H2,(H,23,25). The van der Waals surface area contributed by atoms with Gasteiger partial charge in [-0.3, -0.25) is 9.78 Å². The maximum absolute atomic E-state index is 12.1. The fourth-order valence-corrected chi connectivity index (χ4v) is 3.23. The summed E-state index contributed by atoms with van der Waals surface area (Å²) in [6.07, 6.45) is 4.78. The molecule has 1 aromatic carbocycles. The van der Waals surface area contributed by atoms with Gasteiger partial charge in [-0.1, -0.05) is 6.07 Å². The van der Waals surface area contributed by atoms with Crippen molar-refractivity contribution in [1.29, 1.82) is 0 Å². The van der Waals surface area contributed by atoms with Gasteiger partial charge in [0.1, 0.15) is 17.3 Å². The van der Waals surface area contributed by atoms with Crippen molar-refractivity contribution in [2.24, 2.45) is 0 Å². The first-order valence-corrected chi connectivity index (χ1v) is 9.54. The van der Waals surface area contributed by atoms with Gasteiger partial charge in [0.25, 0.3) is 0 Å². The summed E-state index contributed by atoms with van der Waals surface area (Å²) in [4.78, 5) is 22.4. The van der Waals surface area contributed by atoms with Gasteiger partial charge < -0.3 is 20.1 Å². The smallest absolute Gasteiger partial charge is 0.222 e. The molecule has 7 heteroatoms. The zero-order valence-corrected chi connectivity index (χ0v) is 15.9. The third-order valence-corrected chi connectivity index (χ3v) is 4.72. The number of amides is 1. The van der Waals surface area contributed by atoms with E-state index in [1.54, 1.807) is 24.5 Å². The van der Waals surface area contributed by atoms with Crippen molar-refractivity contribution in [3.05, 3.63) is 72.2 Å². The van der Waals surface area contributed by atoms with Crippen LogP contribution in [0.2, 0.25) is 0 Å². The second kappa shape index (κ2) is 8.70. The third kappa shape index (κ3) is 4.70. The number of likely N-dealkylation sites (tertiary alicyclic amines) is 1. The predicted molar refractivity (Wildman–Crippen MR) is 109 cm³/mol. The zero-order chi connectivity index (χ0) is 20.1. The number of nitrogens with zero attached hydrogens (tertiary/aromatic N) is 3. The molecule has 0 bridgehead atoms. The number of hydrogen-bond donors (Lipinski definition) is 2. The van der Waals surface area contributed by atoms with Crippen LogP contribution >= 0.6 is 0 Å². The number of aliphatic hydroxyl groups excluding tert-OH is 1. The maximum atomic E-state index is 12.1. The molecule has 0 spiro atoms. The topological polar surface area (TPSA) is 87.6 Å². The largest absolute Gasteiger partial charge is 0.455 e. The van der Waals surface area contributed by atoms with E-state index in [1.165, 1.54) is 0 Å². The molecule has 4 rings (SSSR count). The molecule has 7 nitrogen and oxygen atoms in total. The van der Waals surface area contributed by atoms with Gasteiger partial charge in [-0.25, -0.2) is 4.98 Å². The molecule has 3 heterocycles. The van der Waals surface area contributed by atoms with Crippen molar-refractivity contribution in [1.82, 2.24) is 14.9 Å². The Bertz CT molecular complexity index is 977. The minimum Gasteiger partial charge on any atom is -0.455 e. The summed E-state index contributed by atoms with van der Waals surface area (Å²) >= 11 is 0. The molecular weight excluding hydrogens is 368 g/mol. The number of ether oxygens (including phenoxy) is 1. The lowest BCUT2D eigenvalue weighted by molar-refractivity contribution is -0.128. The lowest BCUT2D eigenvalue weighted by Gasteiger charge is -2.19. The van der Waals surface area contributed by atoms with Crippen LogP contribution in [-0.2, 0) is 17.9 Å². The van der Waals surface area contributed by atoms with Crippen molar-refractivity contribution >= 4 is 17.4 Å². The number of aliphatic hydroxyl groups is 1. The molecule has 3 aromatic rings. The Morgan fingerprint density at radius 3 is 2.76 bits per heavy atom. The van der Waals surface area contributed by atoms with Crippen LogP contribution in [0.5, 0.6) is 11.5 Å². The fraction of sp³-hybridized carbons (Fsp3) is 0.227. The molecule has 0 unspecified atom stereocenters. The molecule has 2 aromatic heterocycles. The first kappa shape index (κ1) is 18.9. The summed E-state index contributed by atoms with van der Waals surface area (Å²) in [7, 11) is 0. The highest BCUT2D eigenvalue weighted by atomic mass is 16.5. The molecule has 0 radical (unpaired) electrons. The van der Waals surface area contributed by atoms with Gasteiger partial charge in [-0.2, -0.15) is 0 Å². The second-order valence-electron chi connectivity index (χ2n) is 6.83. The number of hydrogen-bond acceptors (Lipinski definition) is 6. The van der Waals surface area contributed by atoms with E-state index in [9.17, 15) is 4.79 Å². The number of anilines is 2. The number of carbonyl (C=O) groups is 1. The highest BCUT2D eigenvalue weighted by Gasteiger charge is 2.22. The van der Waals surface area contributed by atoms with E-state index in [0.29, 0.717) is 30.2 Å². The summed E-state index contributed by atoms with van der Waals surface area (Å²) in [6.45, 7) is 1.12. The molecule has 1 aliphatic rings. The van der Waals surface area contributed by atoms with Crippen LogP contribution in [0, 0.1) is 0 Å². The average molecular weight is 390 g/mol. The summed E-state index contributed by atoms with van der Waals surface area (Å²) in [5.74, 6) is 2.14. The van der Waals surface area contributed by atoms with Gasteiger partial charge in [-0.05, 0) is 48.9 Å². The van der Waals surface area contributed by atoms with E-state index in [4.69, 9.17) is 9.84 Å². The molecule has 1 amide bonds. The van der Waals surface area contributed by atoms with E-state index in [1.807, 2.05) is 41.3 Å². The third-order valence-electron chi connectivity index (χ3n) is 4.72. The van der Waals surface area contributed by atoms with Crippen LogP contribution in [0.15, 0.2) is 60.9 Å². The normalized spacial score (nSPS) is 13.6. The van der Waals surface area contributed by atoms with Crippen LogP contribution in [0.3, 0.4) is 0 Å². The summed E-state index contributed by atoms with van der Waals surface area (Å²) in [5.41, 5.74) is 2.34. The quantitative estimate of drug-likeness (QED) is 0.641. The molecule has 1 saturated heterocycles. The van der Waals surface area contributed by atoms with E-state index >= 15 is 0 Å². The number of nitrogens with one attached hydrogen (secondary N) is 1. The Morgan fingerprint density at radius 2 is 2.07 bits per heavy atom. The first-order chi connectivity index (χ1) is 14.2. The predicted octanol–water partition coefficient (Wildman–Crippen LogP) is 3.63. The van der Waals surface area contributed by atoms with Gasteiger partial charge in [0.15, 0.2) is 0 Å². The van der Waals surface area contributed by atoms with Gasteiger partial charge in [0.2, 0.25) is 5.91 Å². The van der Waals surface area contributed by atoms with Crippen molar-refractivity contribution < 1.29 is 14.6 Å². The SMILES string of the molecule is O=C1CCCN1Cc1cc(Nc2ccccn2)ccc1Oc1ccc(CO)nc1. The summed E-state index contributed by atoms with van der Waals surface area (Å²) < 4.78 is 6.03. The maximum Gasteiger partial charge on any atom is 0.222 e. The molecule has 148 valence electrons. The van der Waals surface area contributed by atoms with E-state index in [-0.39, 0.29) is 12.5 Å². The van der Waals surface area contributed by atoms with Crippen LogP contribution in [-0.4, -0.2) is 32.4 Å². The molecule has 2 N–H and O–H groups in total. The summed E-state index contributed by atoms with van der Waals surface area (Å²) in [6, 6.07) is 14.9. The number of benzene rings is 1. The average Bonchev–Trinajstić information content (AvgIpc) is 3.15. The van der Waals surface area contributed by atoms with Crippen LogP contribution < -0.4 is 10.1 Å². The fourth-order valence-electron chi connectivity index (χ4n) is 3.23. The van der Waals surface area contributed by atoms with Crippen LogP contribution in [0.25, 0.3) is 0 Å². The molecule has 0 aliphatic carbocycles. The van der Waals surface area contributed by atoms with Crippen molar-refractivity contribution in [3.8, 4) is 11.5 Å². The zero-order valence-electron chi connectivity index (χ0n) is 15.9. The Morgan fingerprint density at radius 1 is 1.14 bits per heavy atom. The van der Waals surface area contributed by atoms with Gasteiger partial charge in [0, 0.05) is 37.0 Å². The Labute approximate surface area is 169 Å². The van der Waals surface area contributed by atoms with Crippen molar-refractivity contribution in [3.63, 3.8) is 0 Å². The Hall–Kier alpha value is -3.45. The van der Waals surface area contributed by atoms with Crippen LogP contribution in [0.1, 0.15) is 24.1 Å². The van der Waals surface area contributed by atoms with Gasteiger partial charge in [-0.15, -0.1) is 0 Å². The molecule has 1 fully saturated rings. The molecule has 0 saturated carbocycles. The first-order valence-electron chi connectivity index (χ1n) is 9.54. The van der Waals surface area contributed by atoms with Gasteiger partial charge in [0.05, 0.1) is 18.5 Å². The van der Waals surface area contributed by atoms with Crippen molar-refractivity contribution in [2.45, 2.75) is 26.0 Å². The minimum atomic E-state index is -0.115. The van der Waals surface area contributed by atoms with E-state index in [0.717, 1.165) is 30.0 Å². The molecule has 1 aliphatic heterocycles. The van der Waals surface area contributed by atoms with E-state index in [2.05, 4.69) is 15.3 Å².